The van der Waals surface area contributed by atoms with E-state index in [1.54, 1.807) is 10.8 Å². The molecule has 14 heavy (non-hydrogen) atoms. The van der Waals surface area contributed by atoms with Crippen molar-refractivity contribution in [2.45, 2.75) is 41.5 Å². The van der Waals surface area contributed by atoms with E-state index in [1.807, 2.05) is 0 Å². The van der Waals surface area contributed by atoms with Gasteiger partial charge in [-0.05, 0) is 27.4 Å². The second-order valence-electron chi connectivity index (χ2n) is 5.46. The van der Waals surface area contributed by atoms with Gasteiger partial charge in [0.15, 0.2) is 0 Å². The Balaban J connectivity index is 0.00000169. The Morgan fingerprint density at radius 2 is 1.00 bits per heavy atom. The van der Waals surface area contributed by atoms with Crippen LogP contribution in [0.2, 0.25) is 0 Å². The van der Waals surface area contributed by atoms with Crippen molar-refractivity contribution in [1.29, 1.82) is 0 Å². The molecule has 0 aromatic heterocycles. The summed E-state index contributed by atoms with van der Waals surface area (Å²) >= 11 is 0. The first kappa shape index (κ1) is 16.3. The number of rotatable bonds is 0. The molecule has 1 aliphatic rings. The van der Waals surface area contributed by atoms with E-state index in [2.05, 4.69) is 41.5 Å². The van der Waals surface area contributed by atoms with Crippen LogP contribution in [0.15, 0.2) is 0 Å². The molecule has 0 aliphatic carbocycles. The summed E-state index contributed by atoms with van der Waals surface area (Å²) in [6, 6.07) is 0. The third kappa shape index (κ3) is 4.65. The Morgan fingerprint density at radius 1 is 0.714 bits per heavy atom. The van der Waals surface area contributed by atoms with Gasteiger partial charge in [0.05, 0.1) is 0 Å². The fraction of sp³-hybridized carbons (Fsp3) is 0.800. The second kappa shape index (κ2) is 5.76. The van der Waals surface area contributed by atoms with Crippen molar-refractivity contribution in [3.63, 3.8) is 0 Å². The molecule has 1 fully saturated rings. The molecule has 1 aliphatic heterocycles. The van der Waals surface area contributed by atoms with Crippen LogP contribution >= 0.6 is 25.1 Å². The van der Waals surface area contributed by atoms with Crippen LogP contribution in [0.1, 0.15) is 41.5 Å². The van der Waals surface area contributed by atoms with Crippen molar-refractivity contribution >= 4 is 25.1 Å². The summed E-state index contributed by atoms with van der Waals surface area (Å²) in [4.78, 5) is 0. The van der Waals surface area contributed by atoms with Gasteiger partial charge in [-0.3, -0.25) is 0 Å². The summed E-state index contributed by atoms with van der Waals surface area (Å²) in [6.07, 6.45) is 0. The third-order valence-corrected chi connectivity index (χ3v) is 9.03. The number of hydrogen-bond donors (Lipinski definition) is 0. The van der Waals surface area contributed by atoms with Crippen LogP contribution in [0, 0.1) is 21.6 Å². The van der Waals surface area contributed by atoms with Crippen molar-refractivity contribution in [2.24, 2.45) is 10.8 Å². The molecule has 0 amide bonds. The first-order chi connectivity index (χ1) is 5.71. The average Bonchev–Trinajstić information content (AvgIpc) is 2.28. The standard InChI is InChI=1S/C10H18P3.Na/c1-9(2,3)7-11-8(13-12-7)10(4,5)6;/h1-6H3;/q;+1. The van der Waals surface area contributed by atoms with Gasteiger partial charge in [-0.2, -0.15) is 0 Å². The largest absolute Gasteiger partial charge is 1.00 e. The molecule has 0 atom stereocenters. The average molecular weight is 254 g/mol. The number of hydrogen-bond acceptors (Lipinski definition) is 0. The van der Waals surface area contributed by atoms with E-state index in [0.717, 1.165) is 0 Å². The molecule has 0 spiro atoms. The molecule has 1 saturated heterocycles. The minimum atomic E-state index is 0. The maximum atomic E-state index is 2.32. The van der Waals surface area contributed by atoms with Gasteiger partial charge in [-0.15, -0.1) is 0 Å². The Morgan fingerprint density at radius 3 is 1.14 bits per heavy atom. The van der Waals surface area contributed by atoms with Crippen molar-refractivity contribution in [3.05, 3.63) is 10.8 Å². The van der Waals surface area contributed by atoms with Crippen LogP contribution in [0.25, 0.3) is 0 Å². The molecule has 0 aromatic carbocycles. The summed E-state index contributed by atoms with van der Waals surface area (Å²) in [5.41, 5.74) is 0.784. The quantitative estimate of drug-likeness (QED) is 0.460. The van der Waals surface area contributed by atoms with Crippen molar-refractivity contribution in [3.8, 4) is 0 Å². The van der Waals surface area contributed by atoms with Crippen molar-refractivity contribution in [1.82, 2.24) is 0 Å². The first-order valence-corrected chi connectivity index (χ1v) is 7.98. The van der Waals surface area contributed by atoms with E-state index in [0.29, 0.717) is 10.8 Å². The van der Waals surface area contributed by atoms with Gasteiger partial charge in [0.2, 0.25) is 0 Å². The molecule has 5 radical (unpaired) electrons. The van der Waals surface area contributed by atoms with Gasteiger partial charge in [0.25, 0.3) is 0 Å². The topological polar surface area (TPSA) is 0 Å². The Bertz CT molecular complexity index is 161. The molecule has 0 bridgehead atoms. The SMILES string of the molecule is CC(C)(C)[C]1[P][P][C](C(C)(C)C)[P]1.[Na+]. The molecule has 0 N–H and O–H groups in total. The smallest absolute Gasteiger partial charge is 0.0589 e. The molecule has 0 aromatic rings. The summed E-state index contributed by atoms with van der Waals surface area (Å²) in [7, 11) is 4.59. The molecule has 0 saturated carbocycles. The van der Waals surface area contributed by atoms with Crippen molar-refractivity contribution in [2.75, 3.05) is 0 Å². The Labute approximate surface area is 117 Å². The summed E-state index contributed by atoms with van der Waals surface area (Å²) in [6.45, 7) is 13.9. The molecule has 4 heteroatoms. The zero-order chi connectivity index (χ0) is 10.3. The zero-order valence-corrected chi connectivity index (χ0v) is 15.0. The van der Waals surface area contributed by atoms with Crippen LogP contribution in [0.4, 0.5) is 0 Å². The van der Waals surface area contributed by atoms with Gasteiger partial charge in [0.1, 0.15) is 0 Å². The van der Waals surface area contributed by atoms with Gasteiger partial charge in [-0.1, -0.05) is 50.1 Å². The van der Waals surface area contributed by atoms with Crippen LogP contribution in [-0.2, 0) is 0 Å². The van der Waals surface area contributed by atoms with Crippen LogP contribution in [-0.4, -0.2) is 0 Å². The Hall–Kier alpha value is 2.29. The molecule has 1 rings (SSSR count). The van der Waals surface area contributed by atoms with Crippen molar-refractivity contribution < 1.29 is 29.6 Å². The summed E-state index contributed by atoms with van der Waals surface area (Å²) in [5.74, 6) is 0. The monoisotopic (exact) mass is 254 g/mol. The fourth-order valence-corrected chi connectivity index (χ4v) is 7.71. The fourth-order valence-electron chi connectivity index (χ4n) is 0.875. The molecule has 73 valence electrons. The predicted octanol–water partition coefficient (Wildman–Crippen LogP) is 2.83. The maximum absolute atomic E-state index is 2.32. The maximum Gasteiger partial charge on any atom is 1.00 e. The molecular formula is C10H18NaP3+. The summed E-state index contributed by atoms with van der Waals surface area (Å²) in [5, 5.41) is 3.36. The van der Waals surface area contributed by atoms with Crippen LogP contribution in [0.3, 0.4) is 0 Å². The molecule has 0 unspecified atom stereocenters. The second-order valence-corrected chi connectivity index (χ2v) is 9.78. The Kier molecular flexibility index (Phi) is 6.70. The normalized spacial score (nSPS) is 26.1. The third-order valence-electron chi connectivity index (χ3n) is 1.79. The van der Waals surface area contributed by atoms with Gasteiger partial charge < -0.3 is 0 Å². The van der Waals surface area contributed by atoms with E-state index in [-0.39, 0.29) is 29.6 Å². The minimum Gasteiger partial charge on any atom is -0.0589 e. The molecule has 0 nitrogen and oxygen atoms in total. The van der Waals surface area contributed by atoms with Crippen LogP contribution in [0.5, 0.6) is 0 Å². The predicted molar refractivity (Wildman–Crippen MR) is 66.2 cm³/mol. The minimum absolute atomic E-state index is 0. The van der Waals surface area contributed by atoms with E-state index in [1.165, 1.54) is 25.1 Å². The zero-order valence-electron chi connectivity index (χ0n) is 10.3. The van der Waals surface area contributed by atoms with E-state index in [9.17, 15) is 0 Å². The van der Waals surface area contributed by atoms with Crippen LogP contribution < -0.4 is 29.6 Å². The van der Waals surface area contributed by atoms with Gasteiger partial charge >= 0.3 is 29.6 Å². The van der Waals surface area contributed by atoms with Gasteiger partial charge in [-0.25, -0.2) is 0 Å². The van der Waals surface area contributed by atoms with E-state index < -0.39 is 0 Å². The van der Waals surface area contributed by atoms with E-state index >= 15 is 0 Å². The summed E-state index contributed by atoms with van der Waals surface area (Å²) < 4.78 is 0. The molecular weight excluding hydrogens is 236 g/mol. The first-order valence-electron chi connectivity index (χ1n) is 4.59. The van der Waals surface area contributed by atoms with E-state index in [4.69, 9.17) is 0 Å². The molecule has 1 heterocycles. The van der Waals surface area contributed by atoms with Gasteiger partial charge in [0, 0.05) is 10.8 Å².